The molecule has 0 radical (unpaired) electrons. The van der Waals surface area contributed by atoms with Gasteiger partial charge in [0.25, 0.3) is 0 Å². The molecule has 0 unspecified atom stereocenters. The van der Waals surface area contributed by atoms with Gasteiger partial charge in [-0.05, 0) is 62.8 Å². The van der Waals surface area contributed by atoms with Gasteiger partial charge in [-0.2, -0.15) is 0 Å². The van der Waals surface area contributed by atoms with Crippen molar-refractivity contribution in [2.45, 2.75) is 54.4 Å². The Balaban J connectivity index is 2.74. The molecule has 0 aliphatic rings. The van der Waals surface area contributed by atoms with Crippen LogP contribution in [-0.4, -0.2) is 11.4 Å². The summed E-state index contributed by atoms with van der Waals surface area (Å²) in [7, 11) is 0. The van der Waals surface area contributed by atoms with Crippen molar-refractivity contribution in [2.24, 2.45) is 21.8 Å². The Morgan fingerprint density at radius 2 is 1.05 bits per heavy atom. The highest BCUT2D eigenvalue weighted by Crippen LogP contribution is 2.20. The molecule has 20 heavy (non-hydrogen) atoms. The van der Waals surface area contributed by atoms with E-state index in [2.05, 4.69) is 51.5 Å². The van der Waals surface area contributed by atoms with Crippen LogP contribution in [-0.2, 0) is 0 Å². The third-order valence-corrected chi connectivity index (χ3v) is 2.90. The van der Waals surface area contributed by atoms with Crippen molar-refractivity contribution >= 4 is 22.8 Å². The fraction of sp³-hybridized carbons (Fsp3) is 0.556. The summed E-state index contributed by atoms with van der Waals surface area (Å²) in [4.78, 5) is 9.27. The van der Waals surface area contributed by atoms with E-state index in [-0.39, 0.29) is 0 Å². The smallest absolute Gasteiger partial charge is 0.0630 e. The second kappa shape index (κ2) is 7.98. The number of benzene rings is 1. The van der Waals surface area contributed by atoms with E-state index in [4.69, 9.17) is 0 Å². The van der Waals surface area contributed by atoms with Crippen LogP contribution in [0.25, 0.3) is 0 Å². The Hall–Kier alpha value is -1.44. The zero-order chi connectivity index (χ0) is 15.1. The molecular formula is C18H28N2. The van der Waals surface area contributed by atoms with E-state index >= 15 is 0 Å². The zero-order valence-electron chi connectivity index (χ0n) is 13.8. The molecule has 0 atom stereocenters. The molecular weight excluding hydrogens is 244 g/mol. The number of nitrogens with zero attached hydrogens (tertiary/aromatic N) is 2. The van der Waals surface area contributed by atoms with Gasteiger partial charge in [0.2, 0.25) is 0 Å². The Morgan fingerprint density at radius 1 is 0.750 bits per heavy atom. The van der Waals surface area contributed by atoms with Crippen molar-refractivity contribution in [2.75, 3.05) is 0 Å². The van der Waals surface area contributed by atoms with Crippen LogP contribution < -0.4 is 0 Å². The van der Waals surface area contributed by atoms with Crippen LogP contribution >= 0.6 is 0 Å². The molecule has 1 aromatic rings. The molecule has 0 heterocycles. The fourth-order valence-electron chi connectivity index (χ4n) is 2.32. The molecule has 0 spiro atoms. The van der Waals surface area contributed by atoms with Crippen LogP contribution in [0.15, 0.2) is 34.3 Å². The molecule has 0 aliphatic carbocycles. The SMILES string of the molecule is CC(CC(C)C)=Nc1ccc(N=C(C)CC(C)C)cc1. The summed E-state index contributed by atoms with van der Waals surface area (Å²) in [6, 6.07) is 8.19. The van der Waals surface area contributed by atoms with E-state index < -0.39 is 0 Å². The first-order valence-electron chi connectivity index (χ1n) is 7.55. The summed E-state index contributed by atoms with van der Waals surface area (Å²) in [6.45, 7) is 13.1. The average Bonchev–Trinajstić information content (AvgIpc) is 2.29. The first-order valence-corrected chi connectivity index (χ1v) is 7.55. The topological polar surface area (TPSA) is 24.7 Å². The number of hydrogen-bond donors (Lipinski definition) is 0. The third-order valence-electron chi connectivity index (χ3n) is 2.90. The lowest BCUT2D eigenvalue weighted by atomic mass is 10.1. The van der Waals surface area contributed by atoms with Gasteiger partial charge in [-0.15, -0.1) is 0 Å². The van der Waals surface area contributed by atoms with Crippen molar-refractivity contribution in [3.63, 3.8) is 0 Å². The summed E-state index contributed by atoms with van der Waals surface area (Å²) < 4.78 is 0. The Kier molecular flexibility index (Phi) is 6.63. The number of hydrogen-bond acceptors (Lipinski definition) is 2. The summed E-state index contributed by atoms with van der Waals surface area (Å²) in [5.41, 5.74) is 4.41. The molecule has 2 heteroatoms. The summed E-state index contributed by atoms with van der Waals surface area (Å²) in [5, 5.41) is 0. The molecule has 0 bridgehead atoms. The highest BCUT2D eigenvalue weighted by molar-refractivity contribution is 5.86. The first kappa shape index (κ1) is 16.6. The van der Waals surface area contributed by atoms with Crippen LogP contribution in [0, 0.1) is 11.8 Å². The van der Waals surface area contributed by atoms with E-state index in [9.17, 15) is 0 Å². The monoisotopic (exact) mass is 272 g/mol. The van der Waals surface area contributed by atoms with Crippen LogP contribution in [0.3, 0.4) is 0 Å². The summed E-state index contributed by atoms with van der Waals surface area (Å²) >= 11 is 0. The first-order chi connectivity index (χ1) is 9.36. The predicted molar refractivity (Wildman–Crippen MR) is 90.9 cm³/mol. The van der Waals surface area contributed by atoms with E-state index in [0.29, 0.717) is 11.8 Å². The lowest BCUT2D eigenvalue weighted by Gasteiger charge is -2.05. The van der Waals surface area contributed by atoms with E-state index in [0.717, 1.165) is 24.2 Å². The molecule has 0 N–H and O–H groups in total. The van der Waals surface area contributed by atoms with Crippen LogP contribution in [0.2, 0.25) is 0 Å². The Bertz CT molecular complexity index is 420. The molecule has 2 nitrogen and oxygen atoms in total. The van der Waals surface area contributed by atoms with Gasteiger partial charge < -0.3 is 0 Å². The summed E-state index contributed by atoms with van der Waals surface area (Å²) in [6.07, 6.45) is 2.10. The Labute approximate surface area is 124 Å². The molecule has 0 aliphatic heterocycles. The van der Waals surface area contributed by atoms with Crippen molar-refractivity contribution < 1.29 is 0 Å². The molecule has 1 rings (SSSR count). The average molecular weight is 272 g/mol. The minimum Gasteiger partial charge on any atom is -0.258 e. The lowest BCUT2D eigenvalue weighted by Crippen LogP contribution is -1.97. The van der Waals surface area contributed by atoms with Gasteiger partial charge in [0, 0.05) is 11.4 Å². The molecule has 0 fully saturated rings. The Morgan fingerprint density at radius 3 is 1.30 bits per heavy atom. The largest absolute Gasteiger partial charge is 0.258 e. The van der Waals surface area contributed by atoms with Gasteiger partial charge in [-0.25, -0.2) is 0 Å². The van der Waals surface area contributed by atoms with E-state index in [1.54, 1.807) is 0 Å². The highest BCUT2D eigenvalue weighted by atomic mass is 14.8. The molecule has 0 aromatic heterocycles. The molecule has 110 valence electrons. The van der Waals surface area contributed by atoms with Gasteiger partial charge in [0.1, 0.15) is 0 Å². The molecule has 0 saturated heterocycles. The van der Waals surface area contributed by atoms with Crippen molar-refractivity contribution in [1.82, 2.24) is 0 Å². The molecule has 1 aromatic carbocycles. The minimum atomic E-state index is 0.654. The van der Waals surface area contributed by atoms with Crippen LogP contribution in [0.5, 0.6) is 0 Å². The van der Waals surface area contributed by atoms with Crippen molar-refractivity contribution in [3.05, 3.63) is 24.3 Å². The maximum absolute atomic E-state index is 4.64. The maximum atomic E-state index is 4.64. The minimum absolute atomic E-state index is 0.654. The zero-order valence-corrected chi connectivity index (χ0v) is 13.8. The summed E-state index contributed by atoms with van der Waals surface area (Å²) in [5.74, 6) is 1.31. The van der Waals surface area contributed by atoms with Gasteiger partial charge >= 0.3 is 0 Å². The second-order valence-corrected chi connectivity index (χ2v) is 6.41. The van der Waals surface area contributed by atoms with Crippen LogP contribution in [0.4, 0.5) is 11.4 Å². The van der Waals surface area contributed by atoms with Gasteiger partial charge in [0.05, 0.1) is 11.4 Å². The van der Waals surface area contributed by atoms with E-state index in [1.165, 1.54) is 11.4 Å². The molecule has 0 amide bonds. The third kappa shape index (κ3) is 6.65. The van der Waals surface area contributed by atoms with Crippen molar-refractivity contribution in [1.29, 1.82) is 0 Å². The fourth-order valence-corrected chi connectivity index (χ4v) is 2.32. The predicted octanol–water partition coefficient (Wildman–Crippen LogP) is 5.96. The lowest BCUT2D eigenvalue weighted by molar-refractivity contribution is 0.682. The quantitative estimate of drug-likeness (QED) is 0.570. The highest BCUT2D eigenvalue weighted by Gasteiger charge is 2.00. The normalized spacial score (nSPS) is 13.4. The van der Waals surface area contributed by atoms with Gasteiger partial charge in [-0.3, -0.25) is 9.98 Å². The van der Waals surface area contributed by atoms with Gasteiger partial charge in [-0.1, -0.05) is 27.7 Å². The number of rotatable bonds is 6. The standard InChI is InChI=1S/C18H28N2/c1-13(2)11-15(5)19-17-7-9-18(10-8-17)20-16(6)12-14(3)4/h7-10,13-14H,11-12H2,1-6H3. The van der Waals surface area contributed by atoms with E-state index in [1.807, 2.05) is 24.3 Å². The maximum Gasteiger partial charge on any atom is 0.0630 e. The second-order valence-electron chi connectivity index (χ2n) is 6.41. The van der Waals surface area contributed by atoms with Crippen molar-refractivity contribution in [3.8, 4) is 0 Å². The van der Waals surface area contributed by atoms with Crippen LogP contribution in [0.1, 0.15) is 54.4 Å². The number of aliphatic imine (C=N–C) groups is 2. The van der Waals surface area contributed by atoms with Gasteiger partial charge in [0.15, 0.2) is 0 Å². The molecule has 0 saturated carbocycles.